The number of hydrogen-bond acceptors (Lipinski definition) is 2. The van der Waals surface area contributed by atoms with E-state index in [-0.39, 0.29) is 12.1 Å². The number of carbonyl (C=O) groups excluding carboxylic acids is 1. The Bertz CT molecular complexity index is 612. The lowest BCUT2D eigenvalue weighted by molar-refractivity contribution is -0.150. The Labute approximate surface area is 179 Å². The lowest BCUT2D eigenvalue weighted by Gasteiger charge is -2.61. The molecule has 0 aromatic rings. The van der Waals surface area contributed by atoms with Crippen LogP contribution in [-0.4, -0.2) is 12.1 Å². The van der Waals surface area contributed by atoms with Crippen LogP contribution in [0.15, 0.2) is 0 Å². The summed E-state index contributed by atoms with van der Waals surface area (Å²) in [6.45, 7) is 14.0. The number of hydrogen-bond donors (Lipinski definition) is 0. The van der Waals surface area contributed by atoms with E-state index in [4.69, 9.17) is 4.74 Å². The Morgan fingerprint density at radius 1 is 0.931 bits per heavy atom. The van der Waals surface area contributed by atoms with Crippen molar-refractivity contribution in [2.24, 2.45) is 52.3 Å². The van der Waals surface area contributed by atoms with Gasteiger partial charge in [-0.3, -0.25) is 4.79 Å². The SMILES string of the molecule is CC(C)OC(=O)C[C@@H](C)C1CCC2C3CCC4C[C@H](C)CC[C@]4(C)C3CC[C@@]21C. The molecule has 0 N–H and O–H groups in total. The third-order valence-electron chi connectivity index (χ3n) is 10.5. The first-order valence-corrected chi connectivity index (χ1v) is 12.8. The third kappa shape index (κ3) is 3.69. The molecule has 2 heteroatoms. The zero-order valence-electron chi connectivity index (χ0n) is 20.0. The second-order valence-corrected chi connectivity index (χ2v) is 12.5. The van der Waals surface area contributed by atoms with Crippen molar-refractivity contribution in [3.05, 3.63) is 0 Å². The standard InChI is InChI=1S/C27H46O2/c1-17(2)29-25(28)16-19(4)22-9-10-23-21-8-7-20-15-18(3)11-13-26(20,5)24(21)12-14-27(22,23)6/h17-24H,7-16H2,1-6H3/t18-,19-,20?,21?,22?,23?,24?,26+,27-/m1/s1. The van der Waals surface area contributed by atoms with Gasteiger partial charge in [0.15, 0.2) is 0 Å². The van der Waals surface area contributed by atoms with Crippen LogP contribution in [-0.2, 0) is 9.53 Å². The van der Waals surface area contributed by atoms with E-state index in [9.17, 15) is 4.79 Å². The summed E-state index contributed by atoms with van der Waals surface area (Å²) < 4.78 is 5.48. The molecule has 0 saturated heterocycles. The van der Waals surface area contributed by atoms with Crippen LogP contribution in [0.5, 0.6) is 0 Å². The highest BCUT2D eigenvalue weighted by Crippen LogP contribution is 2.68. The van der Waals surface area contributed by atoms with Crippen molar-refractivity contribution >= 4 is 5.97 Å². The first kappa shape index (κ1) is 21.7. The number of fused-ring (bicyclic) bond motifs is 5. The van der Waals surface area contributed by atoms with E-state index in [0.29, 0.717) is 29.1 Å². The van der Waals surface area contributed by atoms with Gasteiger partial charge >= 0.3 is 5.97 Å². The van der Waals surface area contributed by atoms with E-state index < -0.39 is 0 Å². The topological polar surface area (TPSA) is 26.3 Å². The predicted octanol–water partition coefficient (Wildman–Crippen LogP) is 7.26. The summed E-state index contributed by atoms with van der Waals surface area (Å²) in [6.07, 6.45) is 13.6. The summed E-state index contributed by atoms with van der Waals surface area (Å²) in [5.74, 6) is 5.90. The molecule has 5 unspecified atom stereocenters. The fraction of sp³-hybridized carbons (Fsp3) is 0.963. The van der Waals surface area contributed by atoms with Gasteiger partial charge in [0.2, 0.25) is 0 Å². The first-order valence-electron chi connectivity index (χ1n) is 12.8. The Kier molecular flexibility index (Phi) is 5.88. The second-order valence-electron chi connectivity index (χ2n) is 12.5. The summed E-state index contributed by atoms with van der Waals surface area (Å²) in [4.78, 5) is 12.3. The van der Waals surface area contributed by atoms with Crippen LogP contribution in [0.2, 0.25) is 0 Å². The lowest BCUT2D eigenvalue weighted by atomic mass is 9.44. The van der Waals surface area contributed by atoms with Crippen molar-refractivity contribution < 1.29 is 9.53 Å². The highest BCUT2D eigenvalue weighted by atomic mass is 16.5. The Morgan fingerprint density at radius 2 is 1.62 bits per heavy atom. The molecule has 166 valence electrons. The summed E-state index contributed by atoms with van der Waals surface area (Å²) >= 11 is 0. The molecule has 2 nitrogen and oxygen atoms in total. The van der Waals surface area contributed by atoms with Gasteiger partial charge in [-0.25, -0.2) is 0 Å². The zero-order chi connectivity index (χ0) is 21.0. The molecule has 0 radical (unpaired) electrons. The molecule has 0 heterocycles. The molecule has 29 heavy (non-hydrogen) atoms. The first-order chi connectivity index (χ1) is 13.6. The maximum Gasteiger partial charge on any atom is 0.306 e. The Hall–Kier alpha value is -0.530. The van der Waals surface area contributed by atoms with Crippen LogP contribution < -0.4 is 0 Å². The van der Waals surface area contributed by atoms with Gasteiger partial charge in [0, 0.05) is 6.42 Å². The van der Waals surface area contributed by atoms with Gasteiger partial charge in [0.1, 0.15) is 0 Å². The summed E-state index contributed by atoms with van der Waals surface area (Å²) in [7, 11) is 0. The normalized spacial score (nSPS) is 47.8. The summed E-state index contributed by atoms with van der Waals surface area (Å²) in [5.41, 5.74) is 1.06. The smallest absolute Gasteiger partial charge is 0.306 e. The van der Waals surface area contributed by atoms with E-state index in [1.807, 2.05) is 13.8 Å². The maximum absolute atomic E-state index is 12.3. The molecule has 0 aliphatic heterocycles. The highest BCUT2D eigenvalue weighted by Gasteiger charge is 2.60. The minimum Gasteiger partial charge on any atom is -0.463 e. The molecule has 4 aliphatic rings. The van der Waals surface area contributed by atoms with Gasteiger partial charge in [0.25, 0.3) is 0 Å². The highest BCUT2D eigenvalue weighted by molar-refractivity contribution is 5.69. The van der Waals surface area contributed by atoms with E-state index in [1.54, 1.807) is 0 Å². The molecule has 4 fully saturated rings. The van der Waals surface area contributed by atoms with E-state index >= 15 is 0 Å². The van der Waals surface area contributed by atoms with Gasteiger partial charge in [-0.05, 0) is 117 Å². The minimum atomic E-state index is 0.00573. The average Bonchev–Trinajstić information content (AvgIpc) is 2.99. The monoisotopic (exact) mass is 402 g/mol. The molecule has 0 bridgehead atoms. The van der Waals surface area contributed by atoms with E-state index in [1.165, 1.54) is 57.8 Å². The quantitative estimate of drug-likeness (QED) is 0.463. The van der Waals surface area contributed by atoms with Crippen LogP contribution in [0.1, 0.15) is 106 Å². The molecule has 0 aromatic carbocycles. The molecule has 0 aromatic heterocycles. The van der Waals surface area contributed by atoms with Crippen molar-refractivity contribution in [1.29, 1.82) is 0 Å². The lowest BCUT2D eigenvalue weighted by Crippen LogP contribution is -2.53. The Balaban J connectivity index is 1.48. The number of carbonyl (C=O) groups is 1. The number of esters is 1. The van der Waals surface area contributed by atoms with Crippen molar-refractivity contribution in [3.8, 4) is 0 Å². The molecule has 4 rings (SSSR count). The maximum atomic E-state index is 12.3. The molecular weight excluding hydrogens is 356 g/mol. The van der Waals surface area contributed by atoms with Crippen LogP contribution in [0.3, 0.4) is 0 Å². The Morgan fingerprint density at radius 3 is 2.34 bits per heavy atom. The molecular formula is C27H46O2. The predicted molar refractivity (Wildman–Crippen MR) is 119 cm³/mol. The van der Waals surface area contributed by atoms with Crippen LogP contribution in [0.4, 0.5) is 0 Å². The molecule has 0 amide bonds. The summed E-state index contributed by atoms with van der Waals surface area (Å²) in [6, 6.07) is 0. The molecule has 4 saturated carbocycles. The fourth-order valence-electron chi connectivity index (χ4n) is 9.16. The van der Waals surface area contributed by atoms with E-state index in [2.05, 4.69) is 27.7 Å². The van der Waals surface area contributed by atoms with Crippen molar-refractivity contribution in [3.63, 3.8) is 0 Å². The van der Waals surface area contributed by atoms with Gasteiger partial charge in [-0.2, -0.15) is 0 Å². The van der Waals surface area contributed by atoms with Gasteiger partial charge in [-0.1, -0.05) is 34.1 Å². The van der Waals surface area contributed by atoms with Crippen LogP contribution in [0, 0.1) is 52.3 Å². The van der Waals surface area contributed by atoms with Crippen LogP contribution in [0.25, 0.3) is 0 Å². The molecule has 0 spiro atoms. The van der Waals surface area contributed by atoms with Crippen molar-refractivity contribution in [2.75, 3.05) is 0 Å². The molecule has 9 atom stereocenters. The van der Waals surface area contributed by atoms with Crippen molar-refractivity contribution in [1.82, 2.24) is 0 Å². The molecule has 4 aliphatic carbocycles. The van der Waals surface area contributed by atoms with Gasteiger partial charge in [0.05, 0.1) is 6.10 Å². The average molecular weight is 403 g/mol. The second kappa shape index (κ2) is 7.86. The number of ether oxygens (including phenoxy) is 1. The fourth-order valence-corrected chi connectivity index (χ4v) is 9.16. The van der Waals surface area contributed by atoms with Crippen LogP contribution >= 0.6 is 0 Å². The zero-order valence-corrected chi connectivity index (χ0v) is 20.0. The minimum absolute atomic E-state index is 0.00573. The van der Waals surface area contributed by atoms with Crippen molar-refractivity contribution in [2.45, 2.75) is 112 Å². The third-order valence-corrected chi connectivity index (χ3v) is 10.5. The van der Waals surface area contributed by atoms with Gasteiger partial charge in [-0.15, -0.1) is 0 Å². The van der Waals surface area contributed by atoms with Gasteiger partial charge < -0.3 is 4.74 Å². The van der Waals surface area contributed by atoms with E-state index in [0.717, 1.165) is 29.6 Å². The summed E-state index contributed by atoms with van der Waals surface area (Å²) in [5, 5.41) is 0. The largest absolute Gasteiger partial charge is 0.463 e. The number of rotatable bonds is 4.